The van der Waals surface area contributed by atoms with Gasteiger partial charge in [0.25, 0.3) is 0 Å². The standard InChI is InChI=1S/C21H33ClN2O3/c1-21(2,3)27-20(25)24-12-10-17(11-13-24)19(26-15-14-23(4)5)16-6-8-18(22)9-7-16/h6-9,17,19H,10-15H2,1-5H3/t19-/m1/s1. The summed E-state index contributed by atoms with van der Waals surface area (Å²) in [7, 11) is 4.08. The second kappa shape index (κ2) is 9.76. The average molecular weight is 397 g/mol. The number of carbonyl (C=O) groups is 1. The molecule has 0 aromatic heterocycles. The smallest absolute Gasteiger partial charge is 0.410 e. The predicted molar refractivity (Wildman–Crippen MR) is 109 cm³/mol. The van der Waals surface area contributed by atoms with Gasteiger partial charge in [0.2, 0.25) is 0 Å². The minimum atomic E-state index is -0.463. The van der Waals surface area contributed by atoms with Gasteiger partial charge >= 0.3 is 6.09 Å². The van der Waals surface area contributed by atoms with E-state index in [1.54, 1.807) is 4.90 Å². The molecule has 0 N–H and O–H groups in total. The van der Waals surface area contributed by atoms with Crippen molar-refractivity contribution in [2.75, 3.05) is 40.3 Å². The number of halogens is 1. The summed E-state index contributed by atoms with van der Waals surface area (Å²) in [6.07, 6.45) is 1.59. The second-order valence-electron chi connectivity index (χ2n) is 8.45. The molecule has 0 saturated carbocycles. The number of likely N-dealkylation sites (N-methyl/N-ethyl adjacent to an activating group) is 1. The van der Waals surface area contributed by atoms with Gasteiger partial charge in [-0.15, -0.1) is 0 Å². The van der Waals surface area contributed by atoms with Crippen LogP contribution in [0.4, 0.5) is 4.79 Å². The number of nitrogens with zero attached hydrogens (tertiary/aromatic N) is 2. The lowest BCUT2D eigenvalue weighted by Gasteiger charge is -2.37. The lowest BCUT2D eigenvalue weighted by atomic mass is 9.87. The lowest BCUT2D eigenvalue weighted by molar-refractivity contribution is -0.0232. The molecule has 1 aliphatic rings. The van der Waals surface area contributed by atoms with Gasteiger partial charge in [0.1, 0.15) is 5.60 Å². The van der Waals surface area contributed by atoms with E-state index in [0.29, 0.717) is 25.6 Å². The fraction of sp³-hybridized carbons (Fsp3) is 0.667. The van der Waals surface area contributed by atoms with Crippen molar-refractivity contribution in [2.24, 2.45) is 5.92 Å². The van der Waals surface area contributed by atoms with Gasteiger partial charge in [-0.1, -0.05) is 23.7 Å². The Morgan fingerprint density at radius 1 is 1.22 bits per heavy atom. The third kappa shape index (κ3) is 7.32. The Morgan fingerprint density at radius 2 is 1.81 bits per heavy atom. The summed E-state index contributed by atoms with van der Waals surface area (Å²) in [5, 5.41) is 0.727. The summed E-state index contributed by atoms with van der Waals surface area (Å²) in [5.41, 5.74) is 0.684. The molecule has 0 radical (unpaired) electrons. The van der Waals surface area contributed by atoms with Gasteiger partial charge in [0.05, 0.1) is 12.7 Å². The first-order valence-corrected chi connectivity index (χ1v) is 10.0. The Bertz CT molecular complexity index is 590. The summed E-state index contributed by atoms with van der Waals surface area (Å²) in [5.74, 6) is 0.368. The molecule has 1 heterocycles. The Balaban J connectivity index is 2.00. The summed E-state index contributed by atoms with van der Waals surface area (Å²) in [6, 6.07) is 7.91. The number of hydrogen-bond donors (Lipinski definition) is 0. The normalized spacial score (nSPS) is 17.2. The summed E-state index contributed by atoms with van der Waals surface area (Å²) < 4.78 is 11.8. The van der Waals surface area contributed by atoms with E-state index in [2.05, 4.69) is 4.90 Å². The summed E-state index contributed by atoms with van der Waals surface area (Å²) in [6.45, 7) is 8.63. The molecule has 1 saturated heterocycles. The van der Waals surface area contributed by atoms with Gasteiger partial charge in [-0.2, -0.15) is 0 Å². The lowest BCUT2D eigenvalue weighted by Crippen LogP contribution is -2.42. The van der Waals surface area contributed by atoms with Crippen molar-refractivity contribution in [2.45, 2.75) is 45.3 Å². The van der Waals surface area contributed by atoms with Crippen LogP contribution >= 0.6 is 11.6 Å². The molecule has 0 unspecified atom stereocenters. The monoisotopic (exact) mass is 396 g/mol. The number of ether oxygens (including phenoxy) is 2. The van der Waals surface area contributed by atoms with Crippen LogP contribution in [-0.4, -0.2) is 61.8 Å². The van der Waals surface area contributed by atoms with E-state index in [1.165, 1.54) is 0 Å². The fourth-order valence-corrected chi connectivity index (χ4v) is 3.36. The molecule has 0 spiro atoms. The van der Waals surface area contributed by atoms with Crippen molar-refractivity contribution in [1.29, 1.82) is 0 Å². The van der Waals surface area contributed by atoms with Crippen LogP contribution in [0.2, 0.25) is 5.02 Å². The first-order valence-electron chi connectivity index (χ1n) is 9.65. The maximum Gasteiger partial charge on any atom is 0.410 e. The van der Waals surface area contributed by atoms with Crippen molar-refractivity contribution >= 4 is 17.7 Å². The van der Waals surface area contributed by atoms with Gasteiger partial charge < -0.3 is 19.3 Å². The van der Waals surface area contributed by atoms with Crippen LogP contribution in [-0.2, 0) is 9.47 Å². The average Bonchev–Trinajstić information content (AvgIpc) is 2.58. The second-order valence-corrected chi connectivity index (χ2v) is 8.89. The predicted octanol–water partition coefficient (Wildman–Crippen LogP) is 4.61. The maximum absolute atomic E-state index is 12.3. The fourth-order valence-electron chi connectivity index (χ4n) is 3.23. The number of benzene rings is 1. The van der Waals surface area contributed by atoms with E-state index in [0.717, 1.165) is 30.0 Å². The molecule has 6 heteroatoms. The third-order valence-corrected chi connectivity index (χ3v) is 4.91. The molecule has 1 fully saturated rings. The Hall–Kier alpha value is -1.30. The highest BCUT2D eigenvalue weighted by atomic mass is 35.5. The molecular weight excluding hydrogens is 364 g/mol. The highest BCUT2D eigenvalue weighted by Crippen LogP contribution is 2.34. The highest BCUT2D eigenvalue weighted by molar-refractivity contribution is 6.30. The zero-order valence-corrected chi connectivity index (χ0v) is 18.0. The van der Waals surface area contributed by atoms with Crippen LogP contribution in [0.15, 0.2) is 24.3 Å². The van der Waals surface area contributed by atoms with E-state index in [9.17, 15) is 4.79 Å². The molecule has 0 aliphatic carbocycles. The molecule has 1 aromatic carbocycles. The van der Waals surface area contributed by atoms with Crippen LogP contribution in [0, 0.1) is 5.92 Å². The minimum Gasteiger partial charge on any atom is -0.444 e. The minimum absolute atomic E-state index is 0.0167. The van der Waals surface area contributed by atoms with E-state index in [1.807, 2.05) is 59.1 Å². The number of likely N-dealkylation sites (tertiary alicyclic amines) is 1. The first kappa shape index (κ1) is 22.0. The number of rotatable bonds is 6. The molecule has 5 nitrogen and oxygen atoms in total. The molecule has 1 atom stereocenters. The van der Waals surface area contributed by atoms with Crippen LogP contribution in [0.3, 0.4) is 0 Å². The van der Waals surface area contributed by atoms with Crippen molar-refractivity contribution in [3.05, 3.63) is 34.9 Å². The number of piperidine rings is 1. The third-order valence-electron chi connectivity index (χ3n) is 4.65. The van der Waals surface area contributed by atoms with Crippen LogP contribution in [0.1, 0.15) is 45.3 Å². The van der Waals surface area contributed by atoms with Gasteiger partial charge in [-0.3, -0.25) is 0 Å². The van der Waals surface area contributed by atoms with Crippen molar-refractivity contribution in [3.63, 3.8) is 0 Å². The van der Waals surface area contributed by atoms with Crippen molar-refractivity contribution in [3.8, 4) is 0 Å². The number of hydrogen-bond acceptors (Lipinski definition) is 4. The SMILES string of the molecule is CN(C)CCO[C@H](c1ccc(Cl)cc1)C1CCN(C(=O)OC(C)(C)C)CC1. The van der Waals surface area contributed by atoms with E-state index in [-0.39, 0.29) is 12.2 Å². The topological polar surface area (TPSA) is 42.0 Å². The van der Waals surface area contributed by atoms with E-state index >= 15 is 0 Å². The van der Waals surface area contributed by atoms with Crippen molar-refractivity contribution < 1.29 is 14.3 Å². The van der Waals surface area contributed by atoms with E-state index in [4.69, 9.17) is 21.1 Å². The Morgan fingerprint density at radius 3 is 2.33 bits per heavy atom. The molecule has 0 bridgehead atoms. The number of amides is 1. The number of carbonyl (C=O) groups excluding carboxylic acids is 1. The van der Waals surface area contributed by atoms with Gasteiger partial charge in [0, 0.05) is 24.7 Å². The molecule has 1 aromatic rings. The van der Waals surface area contributed by atoms with Crippen LogP contribution < -0.4 is 0 Å². The largest absolute Gasteiger partial charge is 0.444 e. The first-order chi connectivity index (χ1) is 12.7. The Kier molecular flexibility index (Phi) is 7.95. The molecule has 27 heavy (non-hydrogen) atoms. The van der Waals surface area contributed by atoms with Gasteiger partial charge in [-0.05, 0) is 71.3 Å². The van der Waals surface area contributed by atoms with Crippen LogP contribution in [0.5, 0.6) is 0 Å². The molecule has 1 amide bonds. The molecular formula is C21H33ClN2O3. The zero-order chi connectivity index (χ0) is 20.0. The van der Waals surface area contributed by atoms with Gasteiger partial charge in [0.15, 0.2) is 0 Å². The van der Waals surface area contributed by atoms with Crippen molar-refractivity contribution in [1.82, 2.24) is 9.80 Å². The maximum atomic E-state index is 12.3. The highest BCUT2D eigenvalue weighted by Gasteiger charge is 2.31. The Labute approximate surface area is 168 Å². The summed E-state index contributed by atoms with van der Waals surface area (Å²) >= 11 is 6.05. The summed E-state index contributed by atoms with van der Waals surface area (Å²) in [4.78, 5) is 16.2. The molecule has 1 aliphatic heterocycles. The molecule has 152 valence electrons. The van der Waals surface area contributed by atoms with Crippen LogP contribution in [0.25, 0.3) is 0 Å². The quantitative estimate of drug-likeness (QED) is 0.704. The van der Waals surface area contributed by atoms with Gasteiger partial charge in [-0.25, -0.2) is 4.79 Å². The zero-order valence-electron chi connectivity index (χ0n) is 17.2. The van der Waals surface area contributed by atoms with E-state index < -0.39 is 5.60 Å². The molecule has 2 rings (SSSR count).